The van der Waals surface area contributed by atoms with Crippen LogP contribution in [0.4, 0.5) is 0 Å². The molecule has 0 aromatic carbocycles. The molecule has 0 saturated heterocycles. The summed E-state index contributed by atoms with van der Waals surface area (Å²) in [5, 5.41) is 8.48. The van der Waals surface area contributed by atoms with Crippen molar-refractivity contribution in [3.05, 3.63) is 29.7 Å². The molecule has 1 aromatic rings. The molecule has 0 amide bonds. The third kappa shape index (κ3) is 1.97. The molecule has 0 aliphatic rings. The van der Waals surface area contributed by atoms with Crippen molar-refractivity contribution >= 4 is 12.0 Å². The lowest BCUT2D eigenvalue weighted by Gasteiger charge is -1.88. The predicted molar refractivity (Wildman–Crippen MR) is 40.0 cm³/mol. The largest absolute Gasteiger partial charge is 0.478 e. The van der Waals surface area contributed by atoms with E-state index in [0.717, 1.165) is 5.56 Å². The number of aliphatic carboxylic acids is 1. The number of carboxylic acids is 1. The summed E-state index contributed by atoms with van der Waals surface area (Å²) in [4.78, 5) is 10.3. The summed E-state index contributed by atoms with van der Waals surface area (Å²) in [6, 6.07) is 1.70. The minimum atomic E-state index is -0.911. The van der Waals surface area contributed by atoms with Crippen LogP contribution in [0.2, 0.25) is 0 Å². The quantitative estimate of drug-likeness (QED) is 0.657. The van der Waals surface area contributed by atoms with Crippen molar-refractivity contribution in [2.45, 2.75) is 6.92 Å². The monoisotopic (exact) mass is 152 g/mol. The van der Waals surface area contributed by atoms with Crippen LogP contribution in [-0.2, 0) is 4.79 Å². The molecule has 0 aliphatic carbocycles. The van der Waals surface area contributed by atoms with Gasteiger partial charge >= 0.3 is 5.97 Å². The van der Waals surface area contributed by atoms with Crippen LogP contribution in [0.5, 0.6) is 0 Å². The molecule has 0 fully saturated rings. The van der Waals surface area contributed by atoms with Crippen molar-refractivity contribution in [2.75, 3.05) is 0 Å². The first-order chi connectivity index (χ1) is 5.20. The smallest absolute Gasteiger partial charge is 0.331 e. The van der Waals surface area contributed by atoms with E-state index >= 15 is 0 Å². The second kappa shape index (κ2) is 3.05. The predicted octanol–water partition coefficient (Wildman–Crippen LogP) is 1.77. The minimum absolute atomic E-state index is 0.298. The lowest BCUT2D eigenvalue weighted by molar-refractivity contribution is -0.132. The molecule has 1 N–H and O–H groups in total. The molecule has 3 heteroatoms. The van der Waals surface area contributed by atoms with Crippen LogP contribution in [0.15, 0.2) is 28.6 Å². The highest BCUT2D eigenvalue weighted by atomic mass is 16.4. The molecule has 0 bridgehead atoms. The van der Waals surface area contributed by atoms with Crippen molar-refractivity contribution in [1.82, 2.24) is 0 Å². The molecule has 3 nitrogen and oxygen atoms in total. The summed E-state index contributed by atoms with van der Waals surface area (Å²) in [5.41, 5.74) is 1.07. The van der Waals surface area contributed by atoms with Gasteiger partial charge in [-0.15, -0.1) is 0 Å². The fourth-order valence-corrected chi connectivity index (χ4v) is 0.669. The average molecular weight is 152 g/mol. The first kappa shape index (κ1) is 7.60. The molecular weight excluding hydrogens is 144 g/mol. The molecule has 1 heterocycles. The van der Waals surface area contributed by atoms with Gasteiger partial charge in [0.1, 0.15) is 0 Å². The summed E-state index contributed by atoms with van der Waals surface area (Å²) in [6.45, 7) is 1.54. The Hall–Kier alpha value is -1.51. The van der Waals surface area contributed by atoms with Gasteiger partial charge < -0.3 is 9.52 Å². The lowest BCUT2D eigenvalue weighted by atomic mass is 10.2. The van der Waals surface area contributed by atoms with E-state index in [4.69, 9.17) is 9.52 Å². The molecule has 1 rings (SSSR count). The van der Waals surface area contributed by atoms with Crippen LogP contribution in [0.25, 0.3) is 6.08 Å². The third-order valence-corrected chi connectivity index (χ3v) is 1.26. The van der Waals surface area contributed by atoms with Crippen LogP contribution < -0.4 is 0 Å². The van der Waals surface area contributed by atoms with Gasteiger partial charge in [-0.05, 0) is 19.1 Å². The van der Waals surface area contributed by atoms with E-state index in [1.54, 1.807) is 12.1 Å². The number of carbonyl (C=O) groups is 1. The number of rotatable bonds is 2. The van der Waals surface area contributed by atoms with Crippen LogP contribution in [0, 0.1) is 0 Å². The van der Waals surface area contributed by atoms with E-state index in [1.807, 2.05) is 0 Å². The highest BCUT2D eigenvalue weighted by Gasteiger charge is 1.99. The van der Waals surface area contributed by atoms with Crippen LogP contribution in [-0.4, -0.2) is 11.1 Å². The summed E-state index contributed by atoms with van der Waals surface area (Å²) < 4.78 is 4.76. The highest BCUT2D eigenvalue weighted by molar-refractivity contribution is 5.91. The van der Waals surface area contributed by atoms with E-state index < -0.39 is 5.97 Å². The van der Waals surface area contributed by atoms with Crippen molar-refractivity contribution in [3.63, 3.8) is 0 Å². The second-order valence-corrected chi connectivity index (χ2v) is 2.19. The summed E-state index contributed by atoms with van der Waals surface area (Å²) in [7, 11) is 0. The fourth-order valence-electron chi connectivity index (χ4n) is 0.669. The van der Waals surface area contributed by atoms with Crippen molar-refractivity contribution < 1.29 is 14.3 Å². The van der Waals surface area contributed by atoms with Gasteiger partial charge in [0.15, 0.2) is 0 Å². The van der Waals surface area contributed by atoms with Gasteiger partial charge in [-0.1, -0.05) is 0 Å². The first-order valence-corrected chi connectivity index (χ1v) is 3.14. The van der Waals surface area contributed by atoms with Crippen molar-refractivity contribution in [1.29, 1.82) is 0 Å². The van der Waals surface area contributed by atoms with E-state index in [-0.39, 0.29) is 0 Å². The standard InChI is InChI=1S/C8H8O3/c1-6(8(9)10)4-7-2-3-11-5-7/h2-5H,1H3,(H,9,10)/b6-4-. The Morgan fingerprint density at radius 2 is 2.45 bits per heavy atom. The Balaban J connectivity index is 2.82. The number of hydrogen-bond donors (Lipinski definition) is 1. The van der Waals surface area contributed by atoms with Gasteiger partial charge in [-0.25, -0.2) is 4.79 Å². The van der Waals surface area contributed by atoms with Gasteiger partial charge in [0.2, 0.25) is 0 Å². The van der Waals surface area contributed by atoms with E-state index in [1.165, 1.54) is 19.5 Å². The Kier molecular flexibility index (Phi) is 2.11. The third-order valence-electron chi connectivity index (χ3n) is 1.26. The summed E-state index contributed by atoms with van der Waals surface area (Å²) in [5.74, 6) is -0.911. The van der Waals surface area contributed by atoms with Crippen molar-refractivity contribution in [2.24, 2.45) is 0 Å². The topological polar surface area (TPSA) is 50.4 Å². The molecular formula is C8H8O3. The molecule has 0 radical (unpaired) electrons. The maximum atomic E-state index is 10.3. The molecule has 0 aliphatic heterocycles. The Bertz CT molecular complexity index is 270. The molecule has 11 heavy (non-hydrogen) atoms. The maximum absolute atomic E-state index is 10.3. The highest BCUT2D eigenvalue weighted by Crippen LogP contribution is 2.06. The second-order valence-electron chi connectivity index (χ2n) is 2.19. The average Bonchev–Trinajstić information content (AvgIpc) is 2.39. The fraction of sp³-hybridized carbons (Fsp3) is 0.125. The molecule has 0 spiro atoms. The van der Waals surface area contributed by atoms with Crippen LogP contribution >= 0.6 is 0 Å². The zero-order valence-electron chi connectivity index (χ0n) is 6.07. The molecule has 0 atom stereocenters. The number of carboxylic acid groups (broad SMARTS) is 1. The summed E-state index contributed by atoms with van der Waals surface area (Å²) >= 11 is 0. The van der Waals surface area contributed by atoms with Gasteiger partial charge in [0.25, 0.3) is 0 Å². The Labute approximate surface area is 64.0 Å². The van der Waals surface area contributed by atoms with Gasteiger partial charge in [0.05, 0.1) is 12.5 Å². The molecule has 1 aromatic heterocycles. The number of hydrogen-bond acceptors (Lipinski definition) is 2. The normalized spacial score (nSPS) is 11.5. The van der Waals surface area contributed by atoms with E-state index in [2.05, 4.69) is 0 Å². The lowest BCUT2D eigenvalue weighted by Crippen LogP contribution is -1.94. The van der Waals surface area contributed by atoms with Crippen LogP contribution in [0.1, 0.15) is 12.5 Å². The molecule has 0 saturated carbocycles. The van der Waals surface area contributed by atoms with Crippen molar-refractivity contribution in [3.8, 4) is 0 Å². The zero-order valence-corrected chi connectivity index (χ0v) is 6.07. The van der Waals surface area contributed by atoms with Crippen LogP contribution in [0.3, 0.4) is 0 Å². The first-order valence-electron chi connectivity index (χ1n) is 3.14. The zero-order chi connectivity index (χ0) is 8.27. The van der Waals surface area contributed by atoms with E-state index in [9.17, 15) is 4.79 Å². The minimum Gasteiger partial charge on any atom is -0.478 e. The molecule has 58 valence electrons. The van der Waals surface area contributed by atoms with Gasteiger partial charge in [-0.2, -0.15) is 0 Å². The molecule has 0 unspecified atom stereocenters. The Morgan fingerprint density at radius 3 is 2.91 bits per heavy atom. The SMILES string of the molecule is C/C(=C/c1ccoc1)C(=O)O. The van der Waals surface area contributed by atoms with Gasteiger partial charge in [0, 0.05) is 11.1 Å². The Morgan fingerprint density at radius 1 is 1.73 bits per heavy atom. The van der Waals surface area contributed by atoms with Gasteiger partial charge in [-0.3, -0.25) is 0 Å². The maximum Gasteiger partial charge on any atom is 0.331 e. The summed E-state index contributed by atoms with van der Waals surface area (Å²) in [6.07, 6.45) is 4.54. The van der Waals surface area contributed by atoms with E-state index in [0.29, 0.717) is 5.57 Å². The number of furan rings is 1.